The van der Waals surface area contributed by atoms with E-state index in [1.165, 1.54) is 5.56 Å². The van der Waals surface area contributed by atoms with Crippen LogP contribution in [0.4, 0.5) is 11.4 Å². The van der Waals surface area contributed by atoms with Crippen molar-refractivity contribution in [2.45, 2.75) is 20.8 Å². The topological polar surface area (TPSA) is 24.9 Å². The highest BCUT2D eigenvalue weighted by Crippen LogP contribution is 2.18. The van der Waals surface area contributed by atoms with E-state index in [0.29, 0.717) is 0 Å². The van der Waals surface area contributed by atoms with E-state index in [1.54, 1.807) is 6.20 Å². The maximum absolute atomic E-state index is 4.05. The standard InChI is InChI=1S/C12H12N2.C2H6/c1-10-5-2-3-7-12(10)14-11-6-4-8-13-9-11;1-2/h2-9,14H,1H3;1-2H3. The molecule has 0 saturated carbocycles. The highest BCUT2D eigenvalue weighted by atomic mass is 14.9. The van der Waals surface area contributed by atoms with Crippen LogP contribution in [-0.2, 0) is 0 Å². The van der Waals surface area contributed by atoms with E-state index in [-0.39, 0.29) is 0 Å². The van der Waals surface area contributed by atoms with Crippen LogP contribution in [0, 0.1) is 6.92 Å². The molecule has 0 aliphatic rings. The molecule has 0 radical (unpaired) electrons. The van der Waals surface area contributed by atoms with Gasteiger partial charge in [-0.3, -0.25) is 4.98 Å². The lowest BCUT2D eigenvalue weighted by atomic mass is 10.2. The zero-order chi connectivity index (χ0) is 11.8. The van der Waals surface area contributed by atoms with Crippen molar-refractivity contribution in [2.75, 3.05) is 5.32 Å². The number of aryl methyl sites for hydroxylation is 1. The summed E-state index contributed by atoms with van der Waals surface area (Å²) in [5.41, 5.74) is 3.37. The van der Waals surface area contributed by atoms with Crippen molar-refractivity contribution in [3.05, 3.63) is 54.4 Å². The highest BCUT2D eigenvalue weighted by Gasteiger charge is 1.96. The first-order valence-corrected chi connectivity index (χ1v) is 5.59. The summed E-state index contributed by atoms with van der Waals surface area (Å²) in [7, 11) is 0. The predicted molar refractivity (Wildman–Crippen MR) is 70.0 cm³/mol. The molecule has 0 saturated heterocycles. The van der Waals surface area contributed by atoms with Gasteiger partial charge in [0.05, 0.1) is 11.9 Å². The van der Waals surface area contributed by atoms with Gasteiger partial charge in [0.2, 0.25) is 0 Å². The van der Waals surface area contributed by atoms with Gasteiger partial charge in [0, 0.05) is 11.9 Å². The summed E-state index contributed by atoms with van der Waals surface area (Å²) in [6, 6.07) is 12.1. The average Bonchev–Trinajstić information content (AvgIpc) is 2.36. The number of hydrogen-bond donors (Lipinski definition) is 1. The van der Waals surface area contributed by atoms with Crippen LogP contribution < -0.4 is 5.32 Å². The predicted octanol–water partition coefficient (Wildman–Crippen LogP) is 4.16. The number of nitrogens with zero attached hydrogens (tertiary/aromatic N) is 1. The number of anilines is 2. The molecule has 1 N–H and O–H groups in total. The third kappa shape index (κ3) is 3.39. The van der Waals surface area contributed by atoms with Gasteiger partial charge in [-0.2, -0.15) is 0 Å². The van der Waals surface area contributed by atoms with E-state index in [1.807, 2.05) is 44.3 Å². The molecule has 1 aromatic heterocycles. The Morgan fingerprint density at radius 3 is 2.38 bits per heavy atom. The fourth-order valence-corrected chi connectivity index (χ4v) is 1.31. The summed E-state index contributed by atoms with van der Waals surface area (Å²) in [5.74, 6) is 0. The fraction of sp³-hybridized carbons (Fsp3) is 0.214. The molecular weight excluding hydrogens is 196 g/mol. The summed E-state index contributed by atoms with van der Waals surface area (Å²) in [6.45, 7) is 6.08. The molecule has 84 valence electrons. The van der Waals surface area contributed by atoms with E-state index in [0.717, 1.165) is 11.4 Å². The second kappa shape index (κ2) is 6.62. The van der Waals surface area contributed by atoms with Crippen LogP contribution in [-0.4, -0.2) is 4.98 Å². The zero-order valence-electron chi connectivity index (χ0n) is 10.1. The Kier molecular flexibility index (Phi) is 5.06. The van der Waals surface area contributed by atoms with Gasteiger partial charge in [0.15, 0.2) is 0 Å². The van der Waals surface area contributed by atoms with Gasteiger partial charge in [-0.1, -0.05) is 32.0 Å². The number of aromatic nitrogens is 1. The molecule has 0 spiro atoms. The molecule has 16 heavy (non-hydrogen) atoms. The molecular formula is C14H18N2. The molecule has 0 bridgehead atoms. The number of hydrogen-bond acceptors (Lipinski definition) is 2. The number of rotatable bonds is 2. The molecule has 0 atom stereocenters. The van der Waals surface area contributed by atoms with E-state index in [2.05, 4.69) is 29.4 Å². The number of benzene rings is 1. The Labute approximate surface area is 97.4 Å². The first kappa shape index (κ1) is 12.2. The quantitative estimate of drug-likeness (QED) is 0.812. The summed E-state index contributed by atoms with van der Waals surface area (Å²) >= 11 is 0. The lowest BCUT2D eigenvalue weighted by Crippen LogP contribution is -1.92. The van der Waals surface area contributed by atoms with Crippen molar-refractivity contribution in [3.63, 3.8) is 0 Å². The van der Waals surface area contributed by atoms with E-state index < -0.39 is 0 Å². The van der Waals surface area contributed by atoms with Crippen LogP contribution in [0.1, 0.15) is 19.4 Å². The summed E-state index contributed by atoms with van der Waals surface area (Å²) in [6.07, 6.45) is 3.58. The fourth-order valence-electron chi connectivity index (χ4n) is 1.31. The van der Waals surface area contributed by atoms with Gasteiger partial charge < -0.3 is 5.32 Å². The molecule has 0 aliphatic carbocycles. The minimum absolute atomic E-state index is 1.02. The minimum atomic E-state index is 1.02. The van der Waals surface area contributed by atoms with Crippen LogP contribution in [0.2, 0.25) is 0 Å². The first-order valence-electron chi connectivity index (χ1n) is 5.59. The minimum Gasteiger partial charge on any atom is -0.354 e. The Hall–Kier alpha value is -1.83. The molecule has 1 aromatic carbocycles. The highest BCUT2D eigenvalue weighted by molar-refractivity contribution is 5.61. The van der Waals surface area contributed by atoms with Gasteiger partial charge in [-0.15, -0.1) is 0 Å². The Balaban J connectivity index is 0.000000606. The van der Waals surface area contributed by atoms with Crippen LogP contribution in [0.15, 0.2) is 48.8 Å². The van der Waals surface area contributed by atoms with Crippen LogP contribution in [0.3, 0.4) is 0 Å². The maximum Gasteiger partial charge on any atom is 0.0570 e. The molecule has 0 unspecified atom stereocenters. The van der Waals surface area contributed by atoms with Crippen molar-refractivity contribution in [1.82, 2.24) is 4.98 Å². The average molecular weight is 214 g/mol. The van der Waals surface area contributed by atoms with Gasteiger partial charge in [0.1, 0.15) is 0 Å². The molecule has 1 heterocycles. The Morgan fingerprint density at radius 1 is 1.00 bits per heavy atom. The lowest BCUT2D eigenvalue weighted by Gasteiger charge is -2.07. The smallest absolute Gasteiger partial charge is 0.0570 e. The second-order valence-electron chi connectivity index (χ2n) is 3.18. The monoisotopic (exact) mass is 214 g/mol. The van der Waals surface area contributed by atoms with Crippen LogP contribution in [0.5, 0.6) is 0 Å². The van der Waals surface area contributed by atoms with Crippen molar-refractivity contribution < 1.29 is 0 Å². The third-order valence-corrected chi connectivity index (χ3v) is 2.09. The van der Waals surface area contributed by atoms with Crippen molar-refractivity contribution in [1.29, 1.82) is 0 Å². The molecule has 0 fully saturated rings. The second-order valence-corrected chi connectivity index (χ2v) is 3.18. The van der Waals surface area contributed by atoms with Crippen molar-refractivity contribution in [3.8, 4) is 0 Å². The lowest BCUT2D eigenvalue weighted by molar-refractivity contribution is 1.32. The van der Waals surface area contributed by atoms with E-state index >= 15 is 0 Å². The summed E-state index contributed by atoms with van der Waals surface area (Å²) in [4.78, 5) is 4.05. The van der Waals surface area contributed by atoms with Gasteiger partial charge >= 0.3 is 0 Å². The molecule has 0 amide bonds. The van der Waals surface area contributed by atoms with Crippen molar-refractivity contribution >= 4 is 11.4 Å². The number of pyridine rings is 1. The maximum atomic E-state index is 4.05. The summed E-state index contributed by atoms with van der Waals surface area (Å²) in [5, 5.41) is 3.31. The largest absolute Gasteiger partial charge is 0.354 e. The molecule has 2 aromatic rings. The van der Waals surface area contributed by atoms with E-state index in [4.69, 9.17) is 0 Å². The molecule has 2 heteroatoms. The number of para-hydroxylation sites is 1. The Bertz CT molecular complexity index is 410. The normalized spacial score (nSPS) is 8.94. The van der Waals surface area contributed by atoms with Crippen molar-refractivity contribution in [2.24, 2.45) is 0 Å². The van der Waals surface area contributed by atoms with Crippen LogP contribution >= 0.6 is 0 Å². The van der Waals surface area contributed by atoms with Crippen LogP contribution in [0.25, 0.3) is 0 Å². The van der Waals surface area contributed by atoms with Gasteiger partial charge in [-0.05, 0) is 30.7 Å². The van der Waals surface area contributed by atoms with Gasteiger partial charge in [0.25, 0.3) is 0 Å². The van der Waals surface area contributed by atoms with Gasteiger partial charge in [-0.25, -0.2) is 0 Å². The molecule has 2 nitrogen and oxygen atoms in total. The SMILES string of the molecule is CC.Cc1ccccc1Nc1cccnc1. The number of nitrogens with one attached hydrogen (secondary N) is 1. The third-order valence-electron chi connectivity index (χ3n) is 2.09. The molecule has 0 aliphatic heterocycles. The molecule has 2 rings (SSSR count). The Morgan fingerprint density at radius 2 is 1.75 bits per heavy atom. The first-order chi connectivity index (χ1) is 7.86. The summed E-state index contributed by atoms with van der Waals surface area (Å²) < 4.78 is 0. The zero-order valence-corrected chi connectivity index (χ0v) is 10.1. The van der Waals surface area contributed by atoms with E-state index in [9.17, 15) is 0 Å².